The third kappa shape index (κ3) is 1.79. The molecule has 0 N–H and O–H groups in total. The van der Waals surface area contributed by atoms with Gasteiger partial charge in [0.1, 0.15) is 5.82 Å². The number of nitrogens with zero attached hydrogens (tertiary/aromatic N) is 2. The summed E-state index contributed by atoms with van der Waals surface area (Å²) in [4.78, 5) is 10.4. The molecule has 2 aromatic rings. The summed E-state index contributed by atoms with van der Waals surface area (Å²) in [6.45, 7) is 0. The van der Waals surface area contributed by atoms with Crippen molar-refractivity contribution >= 4 is 6.29 Å². The van der Waals surface area contributed by atoms with Gasteiger partial charge in [-0.3, -0.25) is 9.48 Å². The number of carbonyl (C=O) groups is 1. The van der Waals surface area contributed by atoms with Gasteiger partial charge >= 0.3 is 0 Å². The highest BCUT2D eigenvalue weighted by molar-refractivity contribution is 5.76. The lowest BCUT2D eigenvalue weighted by molar-refractivity contribution is 0.112. The molecule has 0 atom stereocenters. The van der Waals surface area contributed by atoms with Crippen LogP contribution in [0.1, 0.15) is 10.4 Å². The van der Waals surface area contributed by atoms with Crippen molar-refractivity contribution in [1.29, 1.82) is 0 Å². The first-order valence-corrected chi connectivity index (χ1v) is 4.45. The van der Waals surface area contributed by atoms with Crippen molar-refractivity contribution in [3.63, 3.8) is 0 Å². The summed E-state index contributed by atoms with van der Waals surface area (Å²) in [5.41, 5.74) is 1.42. The zero-order valence-electron chi connectivity index (χ0n) is 8.14. The Morgan fingerprint density at radius 2 is 2.20 bits per heavy atom. The van der Waals surface area contributed by atoms with Gasteiger partial charge in [0.25, 0.3) is 0 Å². The van der Waals surface area contributed by atoms with E-state index in [1.54, 1.807) is 30.1 Å². The number of aldehydes is 1. The first kappa shape index (κ1) is 9.58. The van der Waals surface area contributed by atoms with Crippen LogP contribution in [0.4, 0.5) is 4.39 Å². The van der Waals surface area contributed by atoms with Crippen LogP contribution >= 0.6 is 0 Å². The molecule has 0 unspecified atom stereocenters. The molecule has 15 heavy (non-hydrogen) atoms. The van der Waals surface area contributed by atoms with Gasteiger partial charge in [0.2, 0.25) is 0 Å². The number of aryl methyl sites for hydroxylation is 1. The average Bonchev–Trinajstić information content (AvgIpc) is 2.65. The van der Waals surface area contributed by atoms with E-state index in [2.05, 4.69) is 5.10 Å². The molecule has 0 fully saturated rings. The second-order valence-corrected chi connectivity index (χ2v) is 3.23. The van der Waals surface area contributed by atoms with Crippen molar-refractivity contribution in [2.45, 2.75) is 0 Å². The molecule has 0 saturated heterocycles. The lowest BCUT2D eigenvalue weighted by Gasteiger charge is -1.98. The van der Waals surface area contributed by atoms with Crippen molar-refractivity contribution in [1.82, 2.24) is 9.78 Å². The minimum Gasteiger partial charge on any atom is -0.298 e. The molecule has 0 spiro atoms. The predicted octanol–water partition coefficient (Wildman–Crippen LogP) is 2.04. The normalized spacial score (nSPS) is 10.3. The largest absolute Gasteiger partial charge is 0.298 e. The zero-order chi connectivity index (χ0) is 10.8. The van der Waals surface area contributed by atoms with E-state index in [0.717, 1.165) is 0 Å². The molecular formula is C11H9FN2O. The van der Waals surface area contributed by atoms with E-state index in [4.69, 9.17) is 0 Å². The third-order valence-corrected chi connectivity index (χ3v) is 2.14. The van der Waals surface area contributed by atoms with Gasteiger partial charge in [-0.25, -0.2) is 4.39 Å². The Bertz CT molecular complexity index is 505. The Labute approximate surface area is 86.2 Å². The highest BCUT2D eigenvalue weighted by atomic mass is 19.1. The molecule has 0 aliphatic heterocycles. The van der Waals surface area contributed by atoms with Gasteiger partial charge in [-0.15, -0.1) is 0 Å². The van der Waals surface area contributed by atoms with Crippen molar-refractivity contribution in [3.8, 4) is 11.3 Å². The second kappa shape index (κ2) is 3.65. The van der Waals surface area contributed by atoms with Crippen molar-refractivity contribution < 1.29 is 9.18 Å². The zero-order valence-corrected chi connectivity index (χ0v) is 8.14. The smallest absolute Gasteiger partial charge is 0.152 e. The first-order valence-electron chi connectivity index (χ1n) is 4.45. The van der Waals surface area contributed by atoms with E-state index >= 15 is 0 Å². The predicted molar refractivity (Wildman–Crippen MR) is 54.0 cm³/mol. The molecule has 4 heteroatoms. The quantitative estimate of drug-likeness (QED) is 0.701. The van der Waals surface area contributed by atoms with Crippen molar-refractivity contribution in [2.24, 2.45) is 7.05 Å². The summed E-state index contributed by atoms with van der Waals surface area (Å²) < 4.78 is 14.9. The number of hydrogen-bond acceptors (Lipinski definition) is 2. The maximum Gasteiger partial charge on any atom is 0.152 e. The van der Waals surface area contributed by atoms with Gasteiger partial charge in [-0.2, -0.15) is 5.10 Å². The van der Waals surface area contributed by atoms with Gasteiger partial charge < -0.3 is 0 Å². The Kier molecular flexibility index (Phi) is 2.33. The SMILES string of the molecule is Cn1ccc(-c2ccc(C=O)c(F)c2)n1. The lowest BCUT2D eigenvalue weighted by atomic mass is 10.1. The highest BCUT2D eigenvalue weighted by Crippen LogP contribution is 2.19. The Morgan fingerprint density at radius 3 is 2.73 bits per heavy atom. The minimum absolute atomic E-state index is 0.0645. The van der Waals surface area contributed by atoms with Crippen molar-refractivity contribution in [2.75, 3.05) is 0 Å². The summed E-state index contributed by atoms with van der Waals surface area (Å²) in [6, 6.07) is 6.23. The Morgan fingerprint density at radius 1 is 1.40 bits per heavy atom. The maximum absolute atomic E-state index is 13.3. The van der Waals surface area contributed by atoms with E-state index in [9.17, 15) is 9.18 Å². The number of carbonyl (C=O) groups excluding carboxylic acids is 1. The molecule has 0 radical (unpaired) electrons. The second-order valence-electron chi connectivity index (χ2n) is 3.23. The topological polar surface area (TPSA) is 34.9 Å². The van der Waals surface area contributed by atoms with Gasteiger partial charge in [-0.05, 0) is 18.2 Å². The van der Waals surface area contributed by atoms with Crippen LogP contribution in [0.2, 0.25) is 0 Å². The van der Waals surface area contributed by atoms with E-state index < -0.39 is 5.82 Å². The van der Waals surface area contributed by atoms with Gasteiger partial charge in [-0.1, -0.05) is 6.07 Å². The van der Waals surface area contributed by atoms with Crippen LogP contribution in [-0.4, -0.2) is 16.1 Å². The number of halogens is 1. The Balaban J connectivity index is 2.46. The van der Waals surface area contributed by atoms with Crippen molar-refractivity contribution in [3.05, 3.63) is 41.8 Å². The van der Waals surface area contributed by atoms with Crippen LogP contribution in [-0.2, 0) is 7.05 Å². The average molecular weight is 204 g/mol. The monoisotopic (exact) mass is 204 g/mol. The van der Waals surface area contributed by atoms with Crippen LogP contribution in [0.5, 0.6) is 0 Å². The van der Waals surface area contributed by atoms with Crippen LogP contribution in [0.25, 0.3) is 11.3 Å². The standard InChI is InChI=1S/C11H9FN2O/c1-14-5-4-11(13-14)8-2-3-9(7-15)10(12)6-8/h2-7H,1H3. The number of benzene rings is 1. The van der Waals surface area contributed by atoms with E-state index in [1.807, 2.05) is 0 Å². The number of aromatic nitrogens is 2. The molecular weight excluding hydrogens is 195 g/mol. The van der Waals surface area contributed by atoms with Gasteiger partial charge in [0.15, 0.2) is 6.29 Å². The number of rotatable bonds is 2. The fraction of sp³-hybridized carbons (Fsp3) is 0.0909. The van der Waals surface area contributed by atoms with Gasteiger partial charge in [0.05, 0.1) is 11.3 Å². The van der Waals surface area contributed by atoms with Crippen LogP contribution in [0, 0.1) is 5.82 Å². The van der Waals surface area contributed by atoms with E-state index in [-0.39, 0.29) is 5.56 Å². The van der Waals surface area contributed by atoms with Crippen LogP contribution < -0.4 is 0 Å². The molecule has 1 aromatic carbocycles. The molecule has 1 heterocycles. The lowest BCUT2D eigenvalue weighted by Crippen LogP contribution is -1.90. The summed E-state index contributed by atoms with van der Waals surface area (Å²) in [6.07, 6.45) is 2.28. The Hall–Kier alpha value is -1.97. The van der Waals surface area contributed by atoms with Crippen LogP contribution in [0.3, 0.4) is 0 Å². The van der Waals surface area contributed by atoms with Crippen LogP contribution in [0.15, 0.2) is 30.5 Å². The summed E-state index contributed by atoms with van der Waals surface area (Å²) in [7, 11) is 1.79. The first-order chi connectivity index (χ1) is 7.20. The summed E-state index contributed by atoms with van der Waals surface area (Å²) in [5.74, 6) is -0.520. The molecule has 0 amide bonds. The molecule has 0 aliphatic rings. The van der Waals surface area contributed by atoms with E-state index in [1.165, 1.54) is 12.1 Å². The molecule has 0 saturated carbocycles. The van der Waals surface area contributed by atoms with Gasteiger partial charge in [0, 0.05) is 18.8 Å². The summed E-state index contributed by atoms with van der Waals surface area (Å²) >= 11 is 0. The maximum atomic E-state index is 13.3. The molecule has 3 nitrogen and oxygen atoms in total. The van der Waals surface area contributed by atoms with E-state index in [0.29, 0.717) is 17.5 Å². The minimum atomic E-state index is -0.520. The highest BCUT2D eigenvalue weighted by Gasteiger charge is 2.05. The molecule has 0 bridgehead atoms. The summed E-state index contributed by atoms with van der Waals surface area (Å²) in [5, 5.41) is 4.14. The molecule has 0 aliphatic carbocycles. The molecule has 2 rings (SSSR count). The number of hydrogen-bond donors (Lipinski definition) is 0. The fourth-order valence-corrected chi connectivity index (χ4v) is 1.35. The molecule has 76 valence electrons. The fourth-order valence-electron chi connectivity index (χ4n) is 1.35. The third-order valence-electron chi connectivity index (χ3n) is 2.14. The molecule has 1 aromatic heterocycles.